The molecule has 154 valence electrons. The first kappa shape index (κ1) is 21.3. The van der Waals surface area contributed by atoms with Gasteiger partial charge in [-0.05, 0) is 37.8 Å². The molecular formula is C21H26N4O3S. The van der Waals surface area contributed by atoms with Crippen LogP contribution in [0, 0.1) is 17.2 Å². The lowest BCUT2D eigenvalue weighted by molar-refractivity contribution is -0.120. The number of carbonyl (C=O) groups is 1. The molecule has 8 heteroatoms. The van der Waals surface area contributed by atoms with Crippen molar-refractivity contribution in [2.45, 2.75) is 57.0 Å². The summed E-state index contributed by atoms with van der Waals surface area (Å²) in [6.07, 6.45) is 1.86. The Morgan fingerprint density at radius 1 is 1.48 bits per heavy atom. The molecule has 0 saturated carbocycles. The van der Waals surface area contributed by atoms with Crippen LogP contribution in [0.1, 0.15) is 33.6 Å². The van der Waals surface area contributed by atoms with Gasteiger partial charge in [0.15, 0.2) is 5.16 Å². The lowest BCUT2D eigenvalue weighted by atomic mass is 9.90. The molecule has 1 saturated heterocycles. The van der Waals surface area contributed by atoms with Gasteiger partial charge in [0.1, 0.15) is 5.54 Å². The van der Waals surface area contributed by atoms with Gasteiger partial charge in [0.05, 0.1) is 35.4 Å². The van der Waals surface area contributed by atoms with Crippen molar-refractivity contribution < 1.29 is 9.53 Å². The molecule has 1 N–H and O–H groups in total. The van der Waals surface area contributed by atoms with Crippen molar-refractivity contribution >= 4 is 28.6 Å². The number of hydrogen-bond donors (Lipinski definition) is 1. The van der Waals surface area contributed by atoms with E-state index in [9.17, 15) is 14.9 Å². The number of thioether (sulfide) groups is 1. The predicted octanol–water partition coefficient (Wildman–Crippen LogP) is 2.72. The van der Waals surface area contributed by atoms with Crippen molar-refractivity contribution in [1.29, 1.82) is 5.26 Å². The Hall–Kier alpha value is -2.37. The summed E-state index contributed by atoms with van der Waals surface area (Å²) in [7, 11) is 0. The fourth-order valence-electron chi connectivity index (χ4n) is 3.17. The molecule has 1 aromatic heterocycles. The number of benzene rings is 1. The van der Waals surface area contributed by atoms with E-state index in [1.807, 2.05) is 26.0 Å². The van der Waals surface area contributed by atoms with Crippen LogP contribution >= 0.6 is 11.8 Å². The molecule has 1 aliphatic heterocycles. The van der Waals surface area contributed by atoms with Gasteiger partial charge in [-0.2, -0.15) is 5.26 Å². The topological polar surface area (TPSA) is 97.0 Å². The van der Waals surface area contributed by atoms with Gasteiger partial charge in [-0.15, -0.1) is 0 Å². The molecule has 0 bridgehead atoms. The van der Waals surface area contributed by atoms with Crippen LogP contribution in [-0.4, -0.2) is 39.5 Å². The maximum absolute atomic E-state index is 13.1. The Morgan fingerprint density at radius 3 is 2.90 bits per heavy atom. The zero-order valence-corrected chi connectivity index (χ0v) is 17.8. The number of nitrogens with one attached hydrogen (secondary N) is 1. The monoisotopic (exact) mass is 414 g/mol. The van der Waals surface area contributed by atoms with Gasteiger partial charge in [-0.25, -0.2) is 4.98 Å². The fraction of sp³-hybridized carbons (Fsp3) is 0.524. The molecule has 2 atom stereocenters. The summed E-state index contributed by atoms with van der Waals surface area (Å²) < 4.78 is 7.31. The van der Waals surface area contributed by atoms with Crippen molar-refractivity contribution in [2.24, 2.45) is 5.92 Å². The Bertz CT molecular complexity index is 992. The highest BCUT2D eigenvalue weighted by molar-refractivity contribution is 7.99. The normalized spacial score (nSPS) is 18.5. The molecule has 1 aromatic carbocycles. The number of carbonyl (C=O) groups excluding carboxylic acids is 1. The van der Waals surface area contributed by atoms with Crippen LogP contribution in [-0.2, 0) is 16.1 Å². The minimum absolute atomic E-state index is 0.0216. The van der Waals surface area contributed by atoms with Crippen LogP contribution in [0.3, 0.4) is 0 Å². The maximum Gasteiger partial charge on any atom is 0.262 e. The van der Waals surface area contributed by atoms with E-state index in [0.717, 1.165) is 12.8 Å². The van der Waals surface area contributed by atoms with Crippen molar-refractivity contribution in [1.82, 2.24) is 14.9 Å². The zero-order chi connectivity index (χ0) is 21.0. The molecule has 7 nitrogen and oxygen atoms in total. The van der Waals surface area contributed by atoms with E-state index >= 15 is 0 Å². The predicted molar refractivity (Wildman–Crippen MR) is 113 cm³/mol. The lowest BCUT2D eigenvalue weighted by Gasteiger charge is -2.27. The van der Waals surface area contributed by atoms with Crippen LogP contribution < -0.4 is 10.9 Å². The molecule has 1 fully saturated rings. The second-order valence-corrected chi connectivity index (χ2v) is 8.71. The van der Waals surface area contributed by atoms with Gasteiger partial charge < -0.3 is 10.1 Å². The Kier molecular flexibility index (Phi) is 6.60. The largest absolute Gasteiger partial charge is 0.376 e. The van der Waals surface area contributed by atoms with E-state index in [4.69, 9.17) is 4.74 Å². The molecule has 1 aliphatic rings. The van der Waals surface area contributed by atoms with Gasteiger partial charge in [-0.3, -0.25) is 14.2 Å². The number of fused-ring (bicyclic) bond motifs is 1. The minimum atomic E-state index is -0.939. The second kappa shape index (κ2) is 8.97. The third-order valence-corrected chi connectivity index (χ3v) is 6.33. The highest BCUT2D eigenvalue weighted by atomic mass is 32.2. The third-order valence-electron chi connectivity index (χ3n) is 5.36. The number of nitriles is 1. The molecule has 0 radical (unpaired) electrons. The summed E-state index contributed by atoms with van der Waals surface area (Å²) in [6.45, 7) is 6.61. The number of para-hydroxylation sites is 1. The van der Waals surface area contributed by atoms with Crippen molar-refractivity contribution in [3.63, 3.8) is 0 Å². The molecule has 29 heavy (non-hydrogen) atoms. The summed E-state index contributed by atoms with van der Waals surface area (Å²) in [4.78, 5) is 30.2. The van der Waals surface area contributed by atoms with Crippen LogP contribution in [0.15, 0.2) is 34.2 Å². The van der Waals surface area contributed by atoms with Crippen LogP contribution in [0.25, 0.3) is 10.9 Å². The van der Waals surface area contributed by atoms with Gasteiger partial charge in [0, 0.05) is 6.61 Å². The Morgan fingerprint density at radius 2 is 2.24 bits per heavy atom. The van der Waals surface area contributed by atoms with Crippen LogP contribution in [0.2, 0.25) is 0 Å². The summed E-state index contributed by atoms with van der Waals surface area (Å²) in [5.41, 5.74) is -0.461. The second-order valence-electron chi connectivity index (χ2n) is 7.77. The number of hydrogen-bond acceptors (Lipinski definition) is 6. The standard InChI is InChI=1S/C21H26N4O3S/c1-14(2)21(3,13-22)24-18(26)12-29-20-23-17-9-5-4-8-16(17)19(27)25(20)11-15-7-6-10-28-15/h4-5,8-9,14-15H,6-7,10-12H2,1-3H3,(H,24,26). The van der Waals surface area contributed by atoms with Crippen molar-refractivity contribution in [2.75, 3.05) is 12.4 Å². The quantitative estimate of drug-likeness (QED) is 0.553. The number of aromatic nitrogens is 2. The first-order chi connectivity index (χ1) is 13.8. The summed E-state index contributed by atoms with van der Waals surface area (Å²) in [5.74, 6) is -0.225. The average Bonchev–Trinajstić information content (AvgIpc) is 3.22. The highest BCUT2D eigenvalue weighted by Crippen LogP contribution is 2.22. The van der Waals surface area contributed by atoms with Gasteiger partial charge in [0.2, 0.25) is 5.91 Å². The SMILES string of the molecule is CC(C)C(C)(C#N)NC(=O)CSc1nc2ccccc2c(=O)n1CC1CCCO1. The zero-order valence-electron chi connectivity index (χ0n) is 17.0. The van der Waals surface area contributed by atoms with Crippen molar-refractivity contribution in [3.8, 4) is 6.07 Å². The number of ether oxygens (including phenoxy) is 1. The minimum Gasteiger partial charge on any atom is -0.376 e. The van der Waals surface area contributed by atoms with Gasteiger partial charge in [0.25, 0.3) is 5.56 Å². The molecular weight excluding hydrogens is 388 g/mol. The molecule has 0 aliphatic carbocycles. The van der Waals surface area contributed by atoms with Crippen LogP contribution in [0.4, 0.5) is 0 Å². The highest BCUT2D eigenvalue weighted by Gasteiger charge is 2.30. The molecule has 3 rings (SSSR count). The fourth-order valence-corrected chi connectivity index (χ4v) is 3.98. The average molecular weight is 415 g/mol. The third kappa shape index (κ3) is 4.80. The van der Waals surface area contributed by atoms with E-state index in [1.54, 1.807) is 23.6 Å². The summed E-state index contributed by atoms with van der Waals surface area (Å²) >= 11 is 1.21. The lowest BCUT2D eigenvalue weighted by Crippen LogP contribution is -2.49. The number of rotatable bonds is 7. The Labute approximate surface area is 174 Å². The first-order valence-corrected chi connectivity index (χ1v) is 10.8. The van der Waals surface area contributed by atoms with Crippen LogP contribution in [0.5, 0.6) is 0 Å². The smallest absolute Gasteiger partial charge is 0.262 e. The number of amides is 1. The van der Waals surface area contributed by atoms with Gasteiger partial charge in [-0.1, -0.05) is 37.7 Å². The van der Waals surface area contributed by atoms with E-state index in [-0.39, 0.29) is 29.2 Å². The van der Waals surface area contributed by atoms with Crippen molar-refractivity contribution in [3.05, 3.63) is 34.6 Å². The first-order valence-electron chi connectivity index (χ1n) is 9.80. The Balaban J connectivity index is 1.84. The van der Waals surface area contributed by atoms with Gasteiger partial charge >= 0.3 is 0 Å². The molecule has 1 amide bonds. The molecule has 2 heterocycles. The molecule has 2 unspecified atom stereocenters. The van der Waals surface area contributed by atoms with E-state index < -0.39 is 5.54 Å². The van der Waals surface area contributed by atoms with E-state index in [2.05, 4.69) is 16.4 Å². The summed E-state index contributed by atoms with van der Waals surface area (Å²) in [6, 6.07) is 9.38. The number of nitrogens with zero attached hydrogens (tertiary/aromatic N) is 3. The maximum atomic E-state index is 13.1. The molecule has 0 spiro atoms. The van der Waals surface area contributed by atoms with E-state index in [0.29, 0.717) is 29.2 Å². The molecule has 2 aromatic rings. The summed E-state index contributed by atoms with van der Waals surface area (Å²) in [5, 5.41) is 13.2. The van der Waals surface area contributed by atoms with E-state index in [1.165, 1.54) is 11.8 Å².